The van der Waals surface area contributed by atoms with Crippen LogP contribution in [0.15, 0.2) is 156 Å². The molecule has 0 aliphatic heterocycles. The lowest BCUT2D eigenvalue weighted by Crippen LogP contribution is -2.01. The van der Waals surface area contributed by atoms with Gasteiger partial charge in [-0.2, -0.15) is 0 Å². The van der Waals surface area contributed by atoms with Crippen LogP contribution in [0.1, 0.15) is 16.4 Å². The van der Waals surface area contributed by atoms with Crippen molar-refractivity contribution in [3.8, 4) is 45.3 Å². The van der Waals surface area contributed by atoms with E-state index < -0.39 is 66.5 Å². The molecule has 9 rings (SSSR count). The summed E-state index contributed by atoms with van der Waals surface area (Å²) in [5.74, 6) is 0.0349. The van der Waals surface area contributed by atoms with E-state index in [-0.39, 0.29) is 45.4 Å². The van der Waals surface area contributed by atoms with Gasteiger partial charge < -0.3 is 4.42 Å². The minimum Gasteiger partial charge on any atom is -0.456 e. The van der Waals surface area contributed by atoms with E-state index in [1.807, 2.05) is 30.3 Å². The molecule has 0 radical (unpaired) electrons. The minimum absolute atomic E-state index is 0.0513. The number of hydrogen-bond acceptors (Lipinski definition) is 4. The zero-order valence-electron chi connectivity index (χ0n) is 35.3. The van der Waals surface area contributed by atoms with E-state index in [4.69, 9.17) is 35.8 Å². The second kappa shape index (κ2) is 10.2. The van der Waals surface area contributed by atoms with E-state index in [1.165, 1.54) is 0 Å². The van der Waals surface area contributed by atoms with Gasteiger partial charge in [-0.15, -0.1) is 0 Å². The summed E-state index contributed by atoms with van der Waals surface area (Å²) in [6.45, 7) is 0. The molecule has 0 fully saturated rings. The monoisotopic (exact) mass is 587 g/mol. The largest absolute Gasteiger partial charge is 0.456 e. The van der Waals surface area contributed by atoms with Gasteiger partial charge in [0.2, 0.25) is 0 Å². The van der Waals surface area contributed by atoms with Crippen molar-refractivity contribution in [3.63, 3.8) is 0 Å². The molecule has 0 aliphatic carbocycles. The van der Waals surface area contributed by atoms with E-state index in [1.54, 1.807) is 48.5 Å². The summed E-state index contributed by atoms with van der Waals surface area (Å²) in [6.07, 6.45) is 0. The third kappa shape index (κ3) is 4.19. The van der Waals surface area contributed by atoms with Gasteiger partial charge in [-0.1, -0.05) is 139 Å². The summed E-state index contributed by atoms with van der Waals surface area (Å²) < 4.78 is 109. The van der Waals surface area contributed by atoms with Crippen molar-refractivity contribution in [2.24, 2.45) is 0 Å². The van der Waals surface area contributed by atoms with Crippen LogP contribution < -0.4 is 0 Å². The van der Waals surface area contributed by atoms with Crippen molar-refractivity contribution < 1.29 is 20.9 Å². The van der Waals surface area contributed by atoms with Crippen LogP contribution in [-0.2, 0) is 0 Å². The molecular formula is C41H25N3O. The number of rotatable bonds is 4. The number of benzene rings is 7. The van der Waals surface area contributed by atoms with Crippen LogP contribution in [0.2, 0.25) is 0 Å². The van der Waals surface area contributed by atoms with E-state index in [0.717, 1.165) is 5.39 Å². The molecule has 210 valence electrons. The van der Waals surface area contributed by atoms with Gasteiger partial charge in [-0.3, -0.25) is 0 Å². The van der Waals surface area contributed by atoms with Crippen LogP contribution in [0.25, 0.3) is 88.8 Å². The molecule has 0 aliphatic rings. The highest BCUT2D eigenvalue weighted by atomic mass is 16.3. The van der Waals surface area contributed by atoms with Gasteiger partial charge in [-0.25, -0.2) is 15.0 Å². The van der Waals surface area contributed by atoms with Gasteiger partial charge in [-0.05, 0) is 44.8 Å². The lowest BCUT2D eigenvalue weighted by Gasteiger charge is -2.14. The summed E-state index contributed by atoms with van der Waals surface area (Å²) in [7, 11) is 0. The van der Waals surface area contributed by atoms with Crippen molar-refractivity contribution in [2.45, 2.75) is 0 Å². The van der Waals surface area contributed by atoms with E-state index in [0.29, 0.717) is 44.0 Å². The molecule has 0 unspecified atom stereocenters. The maximum Gasteiger partial charge on any atom is 0.164 e. The Bertz CT molecular complexity index is 3200. The number of nitrogens with zero attached hydrogens (tertiary/aromatic N) is 3. The highest BCUT2D eigenvalue weighted by Crippen LogP contribution is 2.39. The van der Waals surface area contributed by atoms with Crippen molar-refractivity contribution in [1.82, 2.24) is 15.0 Å². The summed E-state index contributed by atoms with van der Waals surface area (Å²) >= 11 is 0. The van der Waals surface area contributed by atoms with Crippen molar-refractivity contribution in [3.05, 3.63) is 151 Å². The van der Waals surface area contributed by atoms with Crippen LogP contribution in [-0.4, -0.2) is 15.0 Å². The Hall–Kier alpha value is -6.13. The predicted molar refractivity (Wildman–Crippen MR) is 184 cm³/mol. The number of furan rings is 1. The summed E-state index contributed by atoms with van der Waals surface area (Å²) in [6, 6.07) is 17.1. The molecule has 7 aromatic carbocycles. The summed E-state index contributed by atoms with van der Waals surface area (Å²) in [4.78, 5) is 14.4. The smallest absolute Gasteiger partial charge is 0.164 e. The SMILES string of the molecule is [2H]c1c([2H])c([2H])c(-c2nc(-c3cccc4c(-c5c([2H])c([2H])c([2H])c6c([2H])c([2H])c([2H])c([2H])c56)cccc34)nc(-c3cccc4oc5ccccc5c34)n2)c([2H])c1[2H]. The molecule has 9 aromatic rings. The molecule has 0 saturated heterocycles. The van der Waals surface area contributed by atoms with Crippen LogP contribution >= 0.6 is 0 Å². The Morgan fingerprint density at radius 3 is 1.93 bits per heavy atom. The van der Waals surface area contributed by atoms with Gasteiger partial charge >= 0.3 is 0 Å². The normalized spacial score (nSPS) is 15.3. The first-order chi connectivity index (χ1) is 27.3. The van der Waals surface area contributed by atoms with Crippen LogP contribution in [0.5, 0.6) is 0 Å². The molecule has 0 N–H and O–H groups in total. The summed E-state index contributed by atoms with van der Waals surface area (Å²) in [5.41, 5.74) is 2.33. The third-order valence-electron chi connectivity index (χ3n) is 7.75. The quantitative estimate of drug-likeness (QED) is 0.205. The fourth-order valence-corrected chi connectivity index (χ4v) is 5.79. The topological polar surface area (TPSA) is 51.8 Å². The zero-order chi connectivity index (χ0) is 40.2. The average Bonchev–Trinajstić information content (AvgIpc) is 3.61. The van der Waals surface area contributed by atoms with Crippen LogP contribution in [0.4, 0.5) is 0 Å². The van der Waals surface area contributed by atoms with Crippen molar-refractivity contribution in [2.75, 3.05) is 0 Å². The molecule has 0 atom stereocenters. The fraction of sp³-hybridized carbons (Fsp3) is 0. The third-order valence-corrected chi connectivity index (χ3v) is 7.75. The van der Waals surface area contributed by atoms with Crippen LogP contribution in [0, 0.1) is 0 Å². The number of fused-ring (bicyclic) bond motifs is 5. The fourth-order valence-electron chi connectivity index (χ4n) is 5.79. The van der Waals surface area contributed by atoms with E-state index in [9.17, 15) is 0 Å². The lowest BCUT2D eigenvalue weighted by atomic mass is 9.92. The molecule has 2 heterocycles. The van der Waals surface area contributed by atoms with Gasteiger partial charge in [0.15, 0.2) is 17.5 Å². The Morgan fingerprint density at radius 1 is 0.422 bits per heavy atom. The molecule has 45 heavy (non-hydrogen) atoms. The highest BCUT2D eigenvalue weighted by molar-refractivity contribution is 6.12. The Labute approximate surface area is 276 Å². The zero-order valence-corrected chi connectivity index (χ0v) is 23.3. The molecule has 0 bridgehead atoms. The number of aromatic nitrogens is 3. The maximum atomic E-state index is 9.01. The van der Waals surface area contributed by atoms with Gasteiger partial charge in [0, 0.05) is 27.5 Å². The Kier molecular flexibility index (Phi) is 3.66. The Balaban J connectivity index is 1.37. The van der Waals surface area contributed by atoms with E-state index >= 15 is 0 Å². The number of hydrogen-bond donors (Lipinski definition) is 0. The Morgan fingerprint density at radius 2 is 1.04 bits per heavy atom. The molecule has 0 spiro atoms. The first-order valence-corrected chi connectivity index (χ1v) is 14.1. The molecule has 2 aromatic heterocycles. The molecular weight excluding hydrogens is 550 g/mol. The van der Waals surface area contributed by atoms with Gasteiger partial charge in [0.25, 0.3) is 0 Å². The molecule has 4 heteroatoms. The number of para-hydroxylation sites is 1. The summed E-state index contributed by atoms with van der Waals surface area (Å²) in [5, 5.41) is 2.28. The highest BCUT2D eigenvalue weighted by Gasteiger charge is 2.19. The molecule has 0 saturated carbocycles. The van der Waals surface area contributed by atoms with Gasteiger partial charge in [0.1, 0.15) is 11.2 Å². The van der Waals surface area contributed by atoms with Crippen molar-refractivity contribution >= 4 is 43.5 Å². The first kappa shape index (κ1) is 16.1. The predicted octanol–water partition coefficient (Wildman–Crippen LogP) is 10.7. The second-order valence-corrected chi connectivity index (χ2v) is 10.3. The van der Waals surface area contributed by atoms with Crippen LogP contribution in [0.3, 0.4) is 0 Å². The minimum atomic E-state index is -0.570. The molecule has 4 nitrogen and oxygen atoms in total. The second-order valence-electron chi connectivity index (χ2n) is 10.3. The molecule has 0 amide bonds. The average molecular weight is 588 g/mol. The van der Waals surface area contributed by atoms with Gasteiger partial charge in [0.05, 0.1) is 16.4 Å². The lowest BCUT2D eigenvalue weighted by molar-refractivity contribution is 0.669. The standard InChI is InChI=1S/C41H25N3O/c1-2-13-27(14-3-1)39-42-40(44-41(43-39)35-23-11-25-37-38(35)34-17-6-7-24-36(34)45-37)33-22-10-20-31-30(19-9-21-32(31)33)29-18-8-15-26-12-4-5-16-28(26)29/h1-25H/i1D,2D,3D,4D,5D,8D,12D,13D,14D,15D,16D,18D. The van der Waals surface area contributed by atoms with Crippen molar-refractivity contribution in [1.29, 1.82) is 0 Å². The van der Waals surface area contributed by atoms with E-state index in [2.05, 4.69) is 0 Å². The first-order valence-electron chi connectivity index (χ1n) is 20.1. The maximum absolute atomic E-state index is 9.01.